The van der Waals surface area contributed by atoms with Crippen LogP contribution in [0.25, 0.3) is 0 Å². The molecule has 0 fully saturated rings. The Morgan fingerprint density at radius 1 is 0.975 bits per heavy atom. The zero-order valence-electron chi connectivity index (χ0n) is 23.0. The summed E-state index contributed by atoms with van der Waals surface area (Å²) in [5, 5.41) is 3.36. The molecule has 0 aliphatic heterocycles. The average Bonchev–Trinajstić information content (AvgIpc) is 2.95. The van der Waals surface area contributed by atoms with Crippen LogP contribution in [0.5, 0.6) is 5.75 Å². The van der Waals surface area contributed by atoms with Crippen LogP contribution in [-0.2, 0) is 26.2 Å². The predicted octanol–water partition coefficient (Wildman–Crippen LogP) is 5.27. The van der Waals surface area contributed by atoms with Gasteiger partial charge in [0, 0.05) is 18.1 Å². The van der Waals surface area contributed by atoms with E-state index in [-0.39, 0.29) is 23.0 Å². The van der Waals surface area contributed by atoms with Crippen LogP contribution in [0.4, 0.5) is 5.69 Å². The molecule has 0 heterocycles. The molecule has 40 heavy (non-hydrogen) atoms. The number of ether oxygens (including phenoxy) is 1. The number of nitrogens with one attached hydrogen (secondary N) is 1. The summed E-state index contributed by atoms with van der Waals surface area (Å²) in [5.41, 5.74) is 0.936. The standard InChI is InChI=1S/C30H36ClN3O5S/c1-4-6-19-32-30(36)23(3)33(21-24-13-12-14-25(31)20-24)29(35)22-34(27-17-10-11-18-28(27)39-5-2)40(37,38)26-15-8-7-9-16-26/h7-18,20,23H,4-6,19,21-22H2,1-3H3,(H,32,36)/t23-/m0/s1. The fraction of sp³-hybridized carbons (Fsp3) is 0.333. The van der Waals surface area contributed by atoms with E-state index in [9.17, 15) is 18.0 Å². The summed E-state index contributed by atoms with van der Waals surface area (Å²) < 4.78 is 34.6. The number of benzene rings is 3. The summed E-state index contributed by atoms with van der Waals surface area (Å²) in [6.07, 6.45) is 1.71. The third-order valence-corrected chi connectivity index (χ3v) is 8.29. The molecule has 0 radical (unpaired) electrons. The maximum absolute atomic E-state index is 14.0. The molecule has 0 spiro atoms. The molecule has 0 bridgehead atoms. The Labute approximate surface area is 241 Å². The van der Waals surface area contributed by atoms with Gasteiger partial charge in [0.15, 0.2) is 0 Å². The van der Waals surface area contributed by atoms with E-state index >= 15 is 0 Å². The molecule has 0 saturated heterocycles. The summed E-state index contributed by atoms with van der Waals surface area (Å²) in [4.78, 5) is 28.5. The number of hydrogen-bond donors (Lipinski definition) is 1. The van der Waals surface area contributed by atoms with Crippen LogP contribution >= 0.6 is 11.6 Å². The van der Waals surface area contributed by atoms with Gasteiger partial charge < -0.3 is 15.0 Å². The Morgan fingerprint density at radius 3 is 2.35 bits per heavy atom. The molecule has 0 aliphatic carbocycles. The maximum atomic E-state index is 14.0. The first-order chi connectivity index (χ1) is 19.2. The maximum Gasteiger partial charge on any atom is 0.264 e. The van der Waals surface area contributed by atoms with Crippen molar-refractivity contribution in [3.63, 3.8) is 0 Å². The minimum Gasteiger partial charge on any atom is -0.492 e. The summed E-state index contributed by atoms with van der Waals surface area (Å²) in [5.74, 6) is -0.552. The van der Waals surface area contributed by atoms with Gasteiger partial charge in [0.25, 0.3) is 10.0 Å². The van der Waals surface area contributed by atoms with E-state index in [1.54, 1.807) is 80.6 Å². The van der Waals surface area contributed by atoms with Crippen LogP contribution in [0.3, 0.4) is 0 Å². The van der Waals surface area contributed by atoms with E-state index in [4.69, 9.17) is 16.3 Å². The minimum atomic E-state index is -4.18. The minimum absolute atomic E-state index is 0.0286. The Bertz CT molecular complexity index is 1380. The Balaban J connectivity index is 2.04. The highest BCUT2D eigenvalue weighted by atomic mass is 35.5. The number of hydrogen-bond acceptors (Lipinski definition) is 5. The molecule has 0 saturated carbocycles. The smallest absolute Gasteiger partial charge is 0.264 e. The van der Waals surface area contributed by atoms with E-state index < -0.39 is 28.5 Å². The quantitative estimate of drug-likeness (QED) is 0.260. The van der Waals surface area contributed by atoms with Gasteiger partial charge in [-0.15, -0.1) is 0 Å². The molecular formula is C30H36ClN3O5S. The molecule has 3 aromatic rings. The number of carbonyl (C=O) groups excluding carboxylic acids is 2. The molecule has 0 unspecified atom stereocenters. The van der Waals surface area contributed by atoms with Crippen molar-refractivity contribution >= 4 is 39.1 Å². The fourth-order valence-electron chi connectivity index (χ4n) is 4.12. The number of amides is 2. The molecule has 0 aliphatic rings. The second-order valence-electron chi connectivity index (χ2n) is 9.20. The van der Waals surface area contributed by atoms with E-state index in [0.29, 0.717) is 29.5 Å². The summed E-state index contributed by atoms with van der Waals surface area (Å²) in [7, 11) is -4.18. The lowest BCUT2D eigenvalue weighted by atomic mass is 10.1. The second-order valence-corrected chi connectivity index (χ2v) is 11.5. The van der Waals surface area contributed by atoms with Crippen molar-refractivity contribution < 1.29 is 22.7 Å². The molecule has 10 heteroatoms. The lowest BCUT2D eigenvalue weighted by molar-refractivity contribution is -0.139. The van der Waals surface area contributed by atoms with Crippen LogP contribution < -0.4 is 14.4 Å². The number of rotatable bonds is 14. The number of sulfonamides is 1. The number of nitrogens with zero attached hydrogens (tertiary/aromatic N) is 2. The van der Waals surface area contributed by atoms with Gasteiger partial charge in [0.2, 0.25) is 11.8 Å². The van der Waals surface area contributed by atoms with Crippen LogP contribution in [0.15, 0.2) is 83.8 Å². The first-order valence-corrected chi connectivity index (χ1v) is 15.1. The summed E-state index contributed by atoms with van der Waals surface area (Å²) in [6, 6.07) is 20.7. The van der Waals surface area contributed by atoms with Crippen molar-refractivity contribution in [2.24, 2.45) is 0 Å². The monoisotopic (exact) mass is 585 g/mol. The molecule has 214 valence electrons. The van der Waals surface area contributed by atoms with E-state index in [1.165, 1.54) is 17.0 Å². The SMILES string of the molecule is CCCCNC(=O)[C@H](C)N(Cc1cccc(Cl)c1)C(=O)CN(c1ccccc1OCC)S(=O)(=O)c1ccccc1. The van der Waals surface area contributed by atoms with Crippen LogP contribution in [0.1, 0.15) is 39.2 Å². The third kappa shape index (κ3) is 7.99. The number of halogens is 1. The lowest BCUT2D eigenvalue weighted by Crippen LogP contribution is -2.51. The topological polar surface area (TPSA) is 96.0 Å². The predicted molar refractivity (Wildman–Crippen MR) is 158 cm³/mol. The number of unbranched alkanes of at least 4 members (excludes halogenated alkanes) is 1. The number of carbonyl (C=O) groups is 2. The number of para-hydroxylation sites is 2. The van der Waals surface area contributed by atoms with Gasteiger partial charge in [-0.25, -0.2) is 8.42 Å². The van der Waals surface area contributed by atoms with Crippen molar-refractivity contribution in [2.45, 2.75) is 51.1 Å². The Kier molecular flexibility index (Phi) is 11.4. The van der Waals surface area contributed by atoms with Crippen molar-refractivity contribution in [3.05, 3.63) is 89.4 Å². The van der Waals surface area contributed by atoms with Crippen LogP contribution in [-0.4, -0.2) is 50.9 Å². The van der Waals surface area contributed by atoms with Crippen molar-refractivity contribution in [1.82, 2.24) is 10.2 Å². The fourth-order valence-corrected chi connectivity index (χ4v) is 5.78. The largest absolute Gasteiger partial charge is 0.492 e. The van der Waals surface area contributed by atoms with Gasteiger partial charge in [-0.05, 0) is 62.2 Å². The Morgan fingerprint density at radius 2 is 1.68 bits per heavy atom. The zero-order chi connectivity index (χ0) is 29.1. The van der Waals surface area contributed by atoms with E-state index in [0.717, 1.165) is 17.1 Å². The van der Waals surface area contributed by atoms with Crippen molar-refractivity contribution in [2.75, 3.05) is 24.0 Å². The number of anilines is 1. The van der Waals surface area contributed by atoms with E-state index in [2.05, 4.69) is 5.32 Å². The van der Waals surface area contributed by atoms with Gasteiger partial charge in [-0.3, -0.25) is 13.9 Å². The summed E-state index contributed by atoms with van der Waals surface area (Å²) >= 11 is 6.19. The molecule has 3 aromatic carbocycles. The molecule has 0 aromatic heterocycles. The average molecular weight is 586 g/mol. The van der Waals surface area contributed by atoms with Crippen LogP contribution in [0.2, 0.25) is 5.02 Å². The highest BCUT2D eigenvalue weighted by molar-refractivity contribution is 7.92. The van der Waals surface area contributed by atoms with Gasteiger partial charge in [0.1, 0.15) is 18.3 Å². The molecule has 3 rings (SSSR count). The Hall–Kier alpha value is -3.56. The normalized spacial score (nSPS) is 11.9. The zero-order valence-corrected chi connectivity index (χ0v) is 24.6. The third-order valence-electron chi connectivity index (χ3n) is 6.28. The molecule has 8 nitrogen and oxygen atoms in total. The first-order valence-electron chi connectivity index (χ1n) is 13.3. The first kappa shape index (κ1) is 31.0. The lowest BCUT2D eigenvalue weighted by Gasteiger charge is -2.32. The molecule has 2 amide bonds. The highest BCUT2D eigenvalue weighted by Crippen LogP contribution is 2.33. The van der Waals surface area contributed by atoms with Crippen molar-refractivity contribution in [3.8, 4) is 5.75 Å². The van der Waals surface area contributed by atoms with Gasteiger partial charge in [-0.1, -0.05) is 67.4 Å². The van der Waals surface area contributed by atoms with Crippen molar-refractivity contribution in [1.29, 1.82) is 0 Å². The molecular weight excluding hydrogens is 550 g/mol. The highest BCUT2D eigenvalue weighted by Gasteiger charge is 2.33. The molecule has 1 atom stereocenters. The van der Waals surface area contributed by atoms with Gasteiger partial charge >= 0.3 is 0 Å². The summed E-state index contributed by atoms with van der Waals surface area (Å²) in [6.45, 7) is 5.75. The van der Waals surface area contributed by atoms with Gasteiger partial charge in [0.05, 0.1) is 17.2 Å². The molecule has 1 N–H and O–H groups in total. The van der Waals surface area contributed by atoms with E-state index in [1.807, 2.05) is 6.92 Å². The van der Waals surface area contributed by atoms with Crippen LogP contribution in [0, 0.1) is 0 Å². The second kappa shape index (κ2) is 14.7. The van der Waals surface area contributed by atoms with Gasteiger partial charge in [-0.2, -0.15) is 0 Å².